The van der Waals surface area contributed by atoms with Gasteiger partial charge in [0.05, 0.1) is 0 Å². The Hall–Kier alpha value is -1.89. The summed E-state index contributed by atoms with van der Waals surface area (Å²) in [4.78, 5) is 34.1. The summed E-state index contributed by atoms with van der Waals surface area (Å²) in [6.45, 7) is 2.78. The van der Waals surface area contributed by atoms with E-state index in [4.69, 9.17) is 5.11 Å². The summed E-state index contributed by atoms with van der Waals surface area (Å²) >= 11 is 1.24. The number of hydrogen-bond donors (Lipinski definition) is 3. The third kappa shape index (κ3) is 3.85. The Balaban J connectivity index is 2.71. The maximum absolute atomic E-state index is 11.7. The molecule has 1 aromatic rings. The minimum atomic E-state index is -1.14. The first-order chi connectivity index (χ1) is 8.41. The third-order valence-corrected chi connectivity index (χ3v) is 3.11. The van der Waals surface area contributed by atoms with Gasteiger partial charge in [-0.2, -0.15) is 0 Å². The third-order valence-electron chi connectivity index (χ3n) is 2.17. The average Bonchev–Trinajstić information content (AvgIpc) is 2.77. The SMILES string of the molecule is CC(=O)NC(C)C(=O)NC(C(=O)O)c1cccs1. The number of thiophene rings is 1. The number of hydrogen-bond acceptors (Lipinski definition) is 4. The fourth-order valence-corrected chi connectivity index (χ4v) is 2.12. The molecule has 1 rings (SSSR count). The van der Waals surface area contributed by atoms with Crippen LogP contribution in [0.15, 0.2) is 17.5 Å². The van der Waals surface area contributed by atoms with Gasteiger partial charge in [-0.3, -0.25) is 9.59 Å². The van der Waals surface area contributed by atoms with Gasteiger partial charge in [-0.25, -0.2) is 4.79 Å². The van der Waals surface area contributed by atoms with Crippen LogP contribution >= 0.6 is 11.3 Å². The Morgan fingerprint density at radius 3 is 2.44 bits per heavy atom. The molecule has 0 spiro atoms. The van der Waals surface area contributed by atoms with E-state index in [1.165, 1.54) is 25.2 Å². The molecule has 0 aliphatic carbocycles. The van der Waals surface area contributed by atoms with E-state index in [2.05, 4.69) is 10.6 Å². The summed E-state index contributed by atoms with van der Waals surface area (Å²) in [5.74, 6) is -2.02. The molecule has 0 saturated heterocycles. The highest BCUT2D eigenvalue weighted by atomic mass is 32.1. The zero-order chi connectivity index (χ0) is 13.7. The molecular formula is C11H14N2O4S. The van der Waals surface area contributed by atoms with Gasteiger partial charge >= 0.3 is 5.97 Å². The molecule has 2 amide bonds. The minimum Gasteiger partial charge on any atom is -0.479 e. The van der Waals surface area contributed by atoms with Crippen LogP contribution in [-0.4, -0.2) is 28.9 Å². The largest absolute Gasteiger partial charge is 0.479 e. The molecule has 7 heteroatoms. The van der Waals surface area contributed by atoms with Crippen LogP contribution in [-0.2, 0) is 14.4 Å². The topological polar surface area (TPSA) is 95.5 Å². The summed E-state index contributed by atoms with van der Waals surface area (Å²) < 4.78 is 0. The van der Waals surface area contributed by atoms with Crippen LogP contribution in [0.25, 0.3) is 0 Å². The van der Waals surface area contributed by atoms with Crippen LogP contribution in [0.3, 0.4) is 0 Å². The van der Waals surface area contributed by atoms with E-state index < -0.39 is 24.0 Å². The zero-order valence-electron chi connectivity index (χ0n) is 9.97. The summed E-state index contributed by atoms with van der Waals surface area (Å²) in [6, 6.07) is 1.48. The molecule has 6 nitrogen and oxygen atoms in total. The minimum absolute atomic E-state index is 0.347. The molecule has 2 unspecified atom stereocenters. The molecule has 0 aromatic carbocycles. The van der Waals surface area contributed by atoms with Gasteiger partial charge in [-0.1, -0.05) is 6.07 Å². The van der Waals surface area contributed by atoms with Crippen molar-refractivity contribution in [2.24, 2.45) is 0 Å². The quantitative estimate of drug-likeness (QED) is 0.726. The number of rotatable bonds is 5. The lowest BCUT2D eigenvalue weighted by Gasteiger charge is -2.17. The molecule has 0 fully saturated rings. The molecule has 0 bridgehead atoms. The number of carbonyl (C=O) groups excluding carboxylic acids is 2. The highest BCUT2D eigenvalue weighted by Gasteiger charge is 2.25. The van der Waals surface area contributed by atoms with E-state index >= 15 is 0 Å². The molecule has 0 radical (unpaired) electrons. The second kappa shape index (κ2) is 6.15. The van der Waals surface area contributed by atoms with E-state index in [9.17, 15) is 14.4 Å². The molecule has 3 N–H and O–H groups in total. The van der Waals surface area contributed by atoms with Crippen LogP contribution in [0.5, 0.6) is 0 Å². The fraction of sp³-hybridized carbons (Fsp3) is 0.364. The summed E-state index contributed by atoms with van der Waals surface area (Å²) in [7, 11) is 0. The van der Waals surface area contributed by atoms with Crippen molar-refractivity contribution in [2.45, 2.75) is 25.9 Å². The van der Waals surface area contributed by atoms with E-state index in [0.29, 0.717) is 4.88 Å². The Morgan fingerprint density at radius 1 is 1.33 bits per heavy atom. The highest BCUT2D eigenvalue weighted by molar-refractivity contribution is 7.10. The van der Waals surface area contributed by atoms with Gasteiger partial charge in [0.25, 0.3) is 0 Å². The van der Waals surface area contributed by atoms with Gasteiger partial charge in [-0.05, 0) is 18.4 Å². The van der Waals surface area contributed by atoms with Crippen molar-refractivity contribution in [3.8, 4) is 0 Å². The molecule has 0 aliphatic heterocycles. The predicted molar refractivity (Wildman–Crippen MR) is 66.1 cm³/mol. The van der Waals surface area contributed by atoms with Crippen molar-refractivity contribution in [3.63, 3.8) is 0 Å². The van der Waals surface area contributed by atoms with Crippen molar-refractivity contribution in [3.05, 3.63) is 22.4 Å². The monoisotopic (exact) mass is 270 g/mol. The number of amides is 2. The van der Waals surface area contributed by atoms with Crippen molar-refractivity contribution >= 4 is 29.1 Å². The Bertz CT molecular complexity index is 444. The maximum atomic E-state index is 11.7. The lowest BCUT2D eigenvalue weighted by molar-refractivity contribution is -0.142. The van der Waals surface area contributed by atoms with Crippen molar-refractivity contribution in [1.82, 2.24) is 10.6 Å². The van der Waals surface area contributed by atoms with E-state index in [0.717, 1.165) is 0 Å². The van der Waals surface area contributed by atoms with Gasteiger partial charge in [0.1, 0.15) is 6.04 Å². The number of carboxylic acid groups (broad SMARTS) is 1. The maximum Gasteiger partial charge on any atom is 0.331 e. The standard InChI is InChI=1S/C11H14N2O4S/c1-6(12-7(2)14)10(15)13-9(11(16)17)8-4-3-5-18-8/h3-6,9H,1-2H3,(H,12,14)(H,13,15)(H,16,17). The first kappa shape index (κ1) is 14.2. The molecular weight excluding hydrogens is 256 g/mol. The lowest BCUT2D eigenvalue weighted by Crippen LogP contribution is -2.46. The Kier molecular flexibility index (Phi) is 4.85. The summed E-state index contributed by atoms with van der Waals surface area (Å²) in [5, 5.41) is 15.6. The second-order valence-electron chi connectivity index (χ2n) is 3.72. The fourth-order valence-electron chi connectivity index (χ4n) is 1.35. The Morgan fingerprint density at radius 2 is 2.00 bits per heavy atom. The lowest BCUT2D eigenvalue weighted by atomic mass is 10.2. The molecule has 0 aliphatic rings. The van der Waals surface area contributed by atoms with Crippen LogP contribution in [0, 0.1) is 0 Å². The smallest absolute Gasteiger partial charge is 0.331 e. The van der Waals surface area contributed by atoms with Gasteiger partial charge < -0.3 is 15.7 Å². The predicted octanol–water partition coefficient (Wildman–Crippen LogP) is 0.515. The number of carboxylic acids is 1. The van der Waals surface area contributed by atoms with Gasteiger partial charge in [0.15, 0.2) is 6.04 Å². The van der Waals surface area contributed by atoms with Gasteiger partial charge in [0, 0.05) is 11.8 Å². The average molecular weight is 270 g/mol. The summed E-state index contributed by atoms with van der Waals surface area (Å²) in [5.41, 5.74) is 0. The van der Waals surface area contributed by atoms with Crippen LogP contribution in [0.4, 0.5) is 0 Å². The second-order valence-corrected chi connectivity index (χ2v) is 4.70. The number of aliphatic carboxylic acids is 1. The van der Waals surface area contributed by atoms with Crippen LogP contribution < -0.4 is 10.6 Å². The number of nitrogens with one attached hydrogen (secondary N) is 2. The molecule has 0 saturated carbocycles. The zero-order valence-corrected chi connectivity index (χ0v) is 10.8. The molecule has 1 aromatic heterocycles. The number of carbonyl (C=O) groups is 3. The van der Waals surface area contributed by atoms with Crippen molar-refractivity contribution < 1.29 is 19.5 Å². The van der Waals surface area contributed by atoms with Crippen molar-refractivity contribution in [2.75, 3.05) is 0 Å². The molecule has 98 valence electrons. The van der Waals surface area contributed by atoms with Crippen LogP contribution in [0.2, 0.25) is 0 Å². The van der Waals surface area contributed by atoms with E-state index in [1.807, 2.05) is 0 Å². The van der Waals surface area contributed by atoms with Crippen LogP contribution in [0.1, 0.15) is 24.8 Å². The highest BCUT2D eigenvalue weighted by Crippen LogP contribution is 2.19. The molecule has 1 heterocycles. The van der Waals surface area contributed by atoms with Gasteiger partial charge in [-0.15, -0.1) is 11.3 Å². The van der Waals surface area contributed by atoms with E-state index in [-0.39, 0.29) is 5.91 Å². The van der Waals surface area contributed by atoms with Gasteiger partial charge in [0.2, 0.25) is 11.8 Å². The van der Waals surface area contributed by atoms with Crippen molar-refractivity contribution in [1.29, 1.82) is 0 Å². The summed E-state index contributed by atoms with van der Waals surface area (Å²) in [6.07, 6.45) is 0. The molecule has 18 heavy (non-hydrogen) atoms. The first-order valence-electron chi connectivity index (χ1n) is 5.25. The normalized spacial score (nSPS) is 13.4. The first-order valence-corrected chi connectivity index (χ1v) is 6.13. The van der Waals surface area contributed by atoms with E-state index in [1.54, 1.807) is 17.5 Å². The Labute approximate surface area is 108 Å². The molecule has 2 atom stereocenters.